The molecular formula is C15H13NO3S. The molecule has 1 amide bonds. The lowest BCUT2D eigenvalue weighted by Gasteiger charge is -2.36. The van der Waals surface area contributed by atoms with Crippen LogP contribution >= 0.6 is 0 Å². The largest absolute Gasteiger partial charge is 0.346 e. The normalized spacial score (nSPS) is 21.9. The van der Waals surface area contributed by atoms with E-state index >= 15 is 0 Å². The van der Waals surface area contributed by atoms with Crippen molar-refractivity contribution >= 4 is 15.7 Å². The number of carbonyl (C=O) groups is 1. The highest BCUT2D eigenvalue weighted by atomic mass is 32.2. The van der Waals surface area contributed by atoms with Gasteiger partial charge < -0.3 is 5.32 Å². The van der Waals surface area contributed by atoms with E-state index in [1.807, 2.05) is 30.3 Å². The molecule has 0 bridgehead atoms. The molecule has 2 aromatic rings. The number of rotatable bonds is 3. The highest BCUT2D eigenvalue weighted by Crippen LogP contribution is 2.33. The van der Waals surface area contributed by atoms with E-state index in [4.69, 9.17) is 0 Å². The van der Waals surface area contributed by atoms with Gasteiger partial charge in [-0.05, 0) is 17.7 Å². The maximum Gasteiger partial charge on any atom is 0.241 e. The van der Waals surface area contributed by atoms with Crippen LogP contribution in [0.25, 0.3) is 0 Å². The first kappa shape index (κ1) is 12.9. The molecule has 0 radical (unpaired) electrons. The Kier molecular flexibility index (Phi) is 3.06. The minimum absolute atomic E-state index is 0.181. The fourth-order valence-corrected chi connectivity index (χ4v) is 4.12. The smallest absolute Gasteiger partial charge is 0.241 e. The second kappa shape index (κ2) is 4.76. The summed E-state index contributed by atoms with van der Waals surface area (Å²) in [5.74, 6) is -0.442. The maximum absolute atomic E-state index is 12.5. The number of nitrogens with one attached hydrogen (secondary N) is 1. The van der Waals surface area contributed by atoms with Crippen molar-refractivity contribution in [3.05, 3.63) is 66.2 Å². The molecule has 2 aromatic carbocycles. The van der Waals surface area contributed by atoms with Crippen molar-refractivity contribution in [3.8, 4) is 0 Å². The second-order valence-electron chi connectivity index (χ2n) is 4.68. The maximum atomic E-state index is 12.5. The zero-order valence-corrected chi connectivity index (χ0v) is 11.4. The van der Waals surface area contributed by atoms with E-state index < -0.39 is 27.0 Å². The van der Waals surface area contributed by atoms with Crippen LogP contribution in [0.2, 0.25) is 0 Å². The van der Waals surface area contributed by atoms with Crippen molar-refractivity contribution in [2.24, 2.45) is 0 Å². The number of benzene rings is 2. The first-order valence-electron chi connectivity index (χ1n) is 6.25. The molecule has 2 atom stereocenters. The third-order valence-corrected chi connectivity index (χ3v) is 5.51. The Morgan fingerprint density at radius 3 is 1.95 bits per heavy atom. The lowest BCUT2D eigenvalue weighted by atomic mass is 9.97. The predicted octanol–water partition coefficient (Wildman–Crippen LogP) is 1.70. The van der Waals surface area contributed by atoms with Gasteiger partial charge in [0.2, 0.25) is 5.91 Å². The number of hydrogen-bond donors (Lipinski definition) is 1. The molecule has 0 unspecified atom stereocenters. The summed E-state index contributed by atoms with van der Waals surface area (Å²) in [7, 11) is -3.66. The molecular weight excluding hydrogens is 274 g/mol. The number of β-lactam (4-membered cyclic amide) rings is 1. The first-order valence-corrected chi connectivity index (χ1v) is 7.79. The quantitative estimate of drug-likeness (QED) is 0.874. The topological polar surface area (TPSA) is 63.2 Å². The van der Waals surface area contributed by atoms with Crippen molar-refractivity contribution < 1.29 is 13.2 Å². The van der Waals surface area contributed by atoms with Crippen LogP contribution in [0.15, 0.2) is 65.6 Å². The van der Waals surface area contributed by atoms with Gasteiger partial charge in [-0.1, -0.05) is 48.5 Å². The standard InChI is InChI=1S/C15H13NO3S/c17-15-14(13(16-15)11-7-3-1-4-8-11)20(18,19)12-9-5-2-6-10-12/h1-10,13-14H,(H,16,17)/t13-,14-/m0/s1. The summed E-state index contributed by atoms with van der Waals surface area (Å²) in [5, 5.41) is 1.62. The van der Waals surface area contributed by atoms with Crippen LogP contribution in [0.4, 0.5) is 0 Å². The number of carbonyl (C=O) groups excluding carboxylic acids is 1. The van der Waals surface area contributed by atoms with Crippen LogP contribution in [0.5, 0.6) is 0 Å². The molecule has 20 heavy (non-hydrogen) atoms. The molecule has 102 valence electrons. The van der Waals surface area contributed by atoms with Gasteiger partial charge in [0.05, 0.1) is 10.9 Å². The van der Waals surface area contributed by atoms with Gasteiger partial charge in [-0.15, -0.1) is 0 Å². The average Bonchev–Trinajstić information content (AvgIpc) is 2.46. The van der Waals surface area contributed by atoms with Gasteiger partial charge in [-0.2, -0.15) is 0 Å². The molecule has 0 saturated carbocycles. The van der Waals surface area contributed by atoms with Crippen LogP contribution in [0, 0.1) is 0 Å². The van der Waals surface area contributed by atoms with Crippen LogP contribution in [0.3, 0.4) is 0 Å². The second-order valence-corrected chi connectivity index (χ2v) is 6.74. The Morgan fingerprint density at radius 1 is 0.850 bits per heavy atom. The number of sulfone groups is 1. The van der Waals surface area contributed by atoms with Crippen molar-refractivity contribution in [2.75, 3.05) is 0 Å². The van der Waals surface area contributed by atoms with Gasteiger partial charge in [0.1, 0.15) is 0 Å². The fraction of sp³-hybridized carbons (Fsp3) is 0.133. The third kappa shape index (κ3) is 2.00. The first-order chi connectivity index (χ1) is 9.60. The molecule has 1 saturated heterocycles. The molecule has 1 fully saturated rings. The lowest BCUT2D eigenvalue weighted by Crippen LogP contribution is -2.59. The Labute approximate surface area is 117 Å². The number of amides is 1. The Bertz CT molecular complexity index is 726. The summed E-state index contributed by atoms with van der Waals surface area (Å²) in [4.78, 5) is 11.9. The minimum Gasteiger partial charge on any atom is -0.346 e. The number of hydrogen-bond acceptors (Lipinski definition) is 3. The SMILES string of the molecule is O=C1N[C@@H](c2ccccc2)[C@@H]1S(=O)(=O)c1ccccc1. The highest BCUT2D eigenvalue weighted by Gasteiger charge is 2.49. The predicted molar refractivity (Wildman–Crippen MR) is 74.7 cm³/mol. The summed E-state index contributed by atoms with van der Waals surface area (Å²) >= 11 is 0. The Hall–Kier alpha value is -2.14. The van der Waals surface area contributed by atoms with E-state index in [0.29, 0.717) is 0 Å². The van der Waals surface area contributed by atoms with E-state index in [9.17, 15) is 13.2 Å². The summed E-state index contributed by atoms with van der Waals surface area (Å²) < 4.78 is 25.1. The van der Waals surface area contributed by atoms with E-state index in [2.05, 4.69) is 5.32 Å². The van der Waals surface area contributed by atoms with Gasteiger partial charge >= 0.3 is 0 Å². The summed E-state index contributed by atoms with van der Waals surface area (Å²) in [6.07, 6.45) is 0. The molecule has 1 N–H and O–H groups in total. The van der Waals surface area contributed by atoms with E-state index in [1.54, 1.807) is 18.2 Å². The summed E-state index contributed by atoms with van der Waals surface area (Å²) in [6.45, 7) is 0. The van der Waals surface area contributed by atoms with E-state index in [-0.39, 0.29) is 4.90 Å². The minimum atomic E-state index is -3.66. The Balaban J connectivity index is 1.99. The van der Waals surface area contributed by atoms with Gasteiger partial charge in [-0.25, -0.2) is 8.42 Å². The third-order valence-electron chi connectivity index (χ3n) is 3.42. The molecule has 1 aliphatic rings. The average molecular weight is 287 g/mol. The van der Waals surface area contributed by atoms with Crippen molar-refractivity contribution in [1.29, 1.82) is 0 Å². The van der Waals surface area contributed by atoms with Crippen molar-refractivity contribution in [1.82, 2.24) is 5.32 Å². The summed E-state index contributed by atoms with van der Waals surface area (Å²) in [5.41, 5.74) is 0.802. The zero-order valence-electron chi connectivity index (χ0n) is 10.6. The van der Waals surface area contributed by atoms with Crippen molar-refractivity contribution in [2.45, 2.75) is 16.2 Å². The molecule has 0 aromatic heterocycles. The molecule has 4 nitrogen and oxygen atoms in total. The van der Waals surface area contributed by atoms with E-state index in [1.165, 1.54) is 12.1 Å². The van der Waals surface area contributed by atoms with Gasteiger partial charge in [-0.3, -0.25) is 4.79 Å². The van der Waals surface area contributed by atoms with E-state index in [0.717, 1.165) is 5.56 Å². The molecule has 3 rings (SSSR count). The lowest BCUT2D eigenvalue weighted by molar-refractivity contribution is -0.127. The van der Waals surface area contributed by atoms with Gasteiger partial charge in [0.25, 0.3) is 0 Å². The van der Waals surface area contributed by atoms with Crippen LogP contribution < -0.4 is 5.32 Å². The molecule has 0 aliphatic carbocycles. The van der Waals surface area contributed by atoms with Crippen LogP contribution in [0.1, 0.15) is 11.6 Å². The molecule has 0 spiro atoms. The van der Waals surface area contributed by atoms with Gasteiger partial charge in [0, 0.05) is 0 Å². The monoisotopic (exact) mass is 287 g/mol. The van der Waals surface area contributed by atoms with Crippen LogP contribution in [-0.4, -0.2) is 19.6 Å². The van der Waals surface area contributed by atoms with Crippen LogP contribution in [-0.2, 0) is 14.6 Å². The molecule has 1 heterocycles. The molecule has 1 aliphatic heterocycles. The Morgan fingerprint density at radius 2 is 1.40 bits per heavy atom. The summed E-state index contributed by atoms with van der Waals surface area (Å²) in [6, 6.07) is 16.7. The molecule has 5 heteroatoms. The van der Waals surface area contributed by atoms with Gasteiger partial charge in [0.15, 0.2) is 15.1 Å². The fourth-order valence-electron chi connectivity index (χ4n) is 2.36. The zero-order chi connectivity index (χ0) is 14.2. The highest BCUT2D eigenvalue weighted by molar-refractivity contribution is 7.93. The van der Waals surface area contributed by atoms with Crippen molar-refractivity contribution in [3.63, 3.8) is 0 Å².